The van der Waals surface area contributed by atoms with Gasteiger partial charge in [0.15, 0.2) is 6.61 Å². The number of hydrogen-bond acceptors (Lipinski definition) is 5. The van der Waals surface area contributed by atoms with Crippen molar-refractivity contribution < 1.29 is 23.8 Å². The van der Waals surface area contributed by atoms with E-state index in [1.165, 1.54) is 0 Å². The third-order valence-electron chi connectivity index (χ3n) is 5.64. The van der Waals surface area contributed by atoms with Gasteiger partial charge in [-0.2, -0.15) is 0 Å². The molecule has 0 N–H and O–H groups in total. The molecule has 7 heteroatoms. The molecule has 0 aromatic heterocycles. The van der Waals surface area contributed by atoms with E-state index in [-0.39, 0.29) is 24.5 Å². The van der Waals surface area contributed by atoms with Gasteiger partial charge in [0, 0.05) is 25.2 Å². The van der Waals surface area contributed by atoms with Crippen LogP contribution in [-0.2, 0) is 9.53 Å². The van der Waals surface area contributed by atoms with Crippen molar-refractivity contribution in [3.63, 3.8) is 0 Å². The van der Waals surface area contributed by atoms with E-state index in [0.29, 0.717) is 50.0 Å². The largest absolute Gasteiger partial charge is 0.491 e. The Bertz CT molecular complexity index is 865. The summed E-state index contributed by atoms with van der Waals surface area (Å²) in [7, 11) is 0. The minimum atomic E-state index is -0.0265. The van der Waals surface area contributed by atoms with Crippen molar-refractivity contribution in [3.05, 3.63) is 60.2 Å². The molecule has 2 saturated heterocycles. The Hall–Kier alpha value is -3.06. The SMILES string of the molecule is O=C(c1ccc(OCC2CCCN2C(=O)COc2ccccc2)cc1)N1CCOCC1. The maximum Gasteiger partial charge on any atom is 0.260 e. The lowest BCUT2D eigenvalue weighted by Crippen LogP contribution is -2.41. The van der Waals surface area contributed by atoms with E-state index in [2.05, 4.69) is 0 Å². The first-order chi connectivity index (χ1) is 15.2. The van der Waals surface area contributed by atoms with Crippen molar-refractivity contribution >= 4 is 11.8 Å². The molecule has 2 fully saturated rings. The van der Waals surface area contributed by atoms with E-state index in [4.69, 9.17) is 14.2 Å². The van der Waals surface area contributed by atoms with E-state index in [0.717, 1.165) is 19.4 Å². The van der Waals surface area contributed by atoms with Gasteiger partial charge in [-0.15, -0.1) is 0 Å². The second-order valence-electron chi connectivity index (χ2n) is 7.72. The molecule has 0 bridgehead atoms. The second-order valence-corrected chi connectivity index (χ2v) is 7.72. The van der Waals surface area contributed by atoms with Gasteiger partial charge in [0.25, 0.3) is 11.8 Å². The summed E-state index contributed by atoms with van der Waals surface area (Å²) in [6, 6.07) is 16.6. The first-order valence-electron chi connectivity index (χ1n) is 10.8. The molecule has 0 saturated carbocycles. The van der Waals surface area contributed by atoms with E-state index >= 15 is 0 Å². The third kappa shape index (κ3) is 5.55. The number of carbonyl (C=O) groups is 2. The molecule has 0 aliphatic carbocycles. The van der Waals surface area contributed by atoms with Crippen LogP contribution in [0.3, 0.4) is 0 Å². The number of morpholine rings is 1. The van der Waals surface area contributed by atoms with Gasteiger partial charge in [-0.05, 0) is 49.2 Å². The van der Waals surface area contributed by atoms with Crippen LogP contribution in [0.15, 0.2) is 54.6 Å². The van der Waals surface area contributed by atoms with E-state index in [1.54, 1.807) is 17.0 Å². The first-order valence-corrected chi connectivity index (χ1v) is 10.8. The highest BCUT2D eigenvalue weighted by atomic mass is 16.5. The highest BCUT2D eigenvalue weighted by Gasteiger charge is 2.29. The predicted molar refractivity (Wildman–Crippen MR) is 115 cm³/mol. The van der Waals surface area contributed by atoms with E-state index < -0.39 is 0 Å². The Balaban J connectivity index is 1.26. The van der Waals surface area contributed by atoms with Gasteiger partial charge in [0.1, 0.15) is 18.1 Å². The molecule has 2 amide bonds. The van der Waals surface area contributed by atoms with Crippen LogP contribution in [0.2, 0.25) is 0 Å². The average molecular weight is 424 g/mol. The normalized spacial score (nSPS) is 18.6. The first kappa shape index (κ1) is 21.2. The van der Waals surface area contributed by atoms with Crippen LogP contribution in [0.4, 0.5) is 0 Å². The quantitative estimate of drug-likeness (QED) is 0.684. The summed E-state index contributed by atoms with van der Waals surface area (Å²) in [5.41, 5.74) is 0.644. The number of amides is 2. The van der Waals surface area contributed by atoms with Crippen molar-refractivity contribution in [1.29, 1.82) is 0 Å². The lowest BCUT2D eigenvalue weighted by molar-refractivity contribution is -0.134. The zero-order valence-corrected chi connectivity index (χ0v) is 17.6. The highest BCUT2D eigenvalue weighted by molar-refractivity contribution is 5.94. The summed E-state index contributed by atoms with van der Waals surface area (Å²) < 4.78 is 16.8. The van der Waals surface area contributed by atoms with Crippen molar-refractivity contribution in [2.24, 2.45) is 0 Å². The molecule has 1 unspecified atom stereocenters. The highest BCUT2D eigenvalue weighted by Crippen LogP contribution is 2.21. The van der Waals surface area contributed by atoms with Crippen molar-refractivity contribution in [2.75, 3.05) is 46.1 Å². The number of para-hydroxylation sites is 1. The molecule has 7 nitrogen and oxygen atoms in total. The van der Waals surface area contributed by atoms with E-state index in [1.807, 2.05) is 47.4 Å². The summed E-state index contributed by atoms with van der Waals surface area (Å²) in [5.74, 6) is 1.37. The summed E-state index contributed by atoms with van der Waals surface area (Å²) >= 11 is 0. The maximum atomic E-state index is 12.6. The third-order valence-corrected chi connectivity index (χ3v) is 5.64. The fourth-order valence-corrected chi connectivity index (χ4v) is 3.92. The molecule has 2 aliphatic rings. The van der Waals surface area contributed by atoms with Crippen LogP contribution in [-0.4, -0.2) is 73.7 Å². The van der Waals surface area contributed by atoms with Crippen LogP contribution < -0.4 is 9.47 Å². The van der Waals surface area contributed by atoms with Gasteiger partial charge in [-0.3, -0.25) is 9.59 Å². The predicted octanol–water partition coefficient (Wildman–Crippen LogP) is 2.61. The molecular formula is C24H28N2O5. The summed E-state index contributed by atoms with van der Waals surface area (Å²) in [6.07, 6.45) is 1.86. The maximum absolute atomic E-state index is 12.6. The molecule has 0 radical (unpaired) electrons. The molecule has 164 valence electrons. The number of nitrogens with zero attached hydrogens (tertiary/aromatic N) is 2. The number of carbonyl (C=O) groups excluding carboxylic acids is 2. The zero-order chi connectivity index (χ0) is 21.5. The fourth-order valence-electron chi connectivity index (χ4n) is 3.92. The Morgan fingerprint density at radius 1 is 0.903 bits per heavy atom. The van der Waals surface area contributed by atoms with Crippen molar-refractivity contribution in [1.82, 2.24) is 9.80 Å². The Morgan fingerprint density at radius 2 is 1.61 bits per heavy atom. The molecule has 2 heterocycles. The number of rotatable bonds is 7. The lowest BCUT2D eigenvalue weighted by Gasteiger charge is -2.27. The topological polar surface area (TPSA) is 68.3 Å². The van der Waals surface area contributed by atoms with Crippen LogP contribution in [0.1, 0.15) is 23.2 Å². The molecule has 1 atom stereocenters. The molecule has 2 aromatic rings. The number of ether oxygens (including phenoxy) is 3. The monoisotopic (exact) mass is 424 g/mol. The van der Waals surface area contributed by atoms with Crippen LogP contribution >= 0.6 is 0 Å². The molecule has 4 rings (SSSR count). The zero-order valence-electron chi connectivity index (χ0n) is 17.6. The molecule has 31 heavy (non-hydrogen) atoms. The minimum absolute atomic E-state index is 0.0147. The number of benzene rings is 2. The number of hydrogen-bond donors (Lipinski definition) is 0. The van der Waals surface area contributed by atoms with Gasteiger partial charge < -0.3 is 24.0 Å². The van der Waals surface area contributed by atoms with Gasteiger partial charge >= 0.3 is 0 Å². The Labute approximate surface area is 182 Å². The van der Waals surface area contributed by atoms with Gasteiger partial charge in [0.2, 0.25) is 0 Å². The Kier molecular flexibility index (Phi) is 7.04. The average Bonchev–Trinajstić information content (AvgIpc) is 3.31. The van der Waals surface area contributed by atoms with Crippen LogP contribution in [0, 0.1) is 0 Å². The summed E-state index contributed by atoms with van der Waals surface area (Å²) in [6.45, 7) is 3.58. The summed E-state index contributed by atoms with van der Waals surface area (Å²) in [4.78, 5) is 28.8. The van der Waals surface area contributed by atoms with Gasteiger partial charge in [-0.1, -0.05) is 18.2 Å². The standard InChI is InChI=1S/C24H28N2O5/c27-23(18-31-21-6-2-1-3-7-21)26-12-4-5-20(26)17-30-22-10-8-19(9-11-22)24(28)25-13-15-29-16-14-25/h1-3,6-11,20H,4-5,12-18H2. The van der Waals surface area contributed by atoms with Crippen LogP contribution in [0.25, 0.3) is 0 Å². The fraction of sp³-hybridized carbons (Fsp3) is 0.417. The number of likely N-dealkylation sites (tertiary alicyclic amines) is 1. The minimum Gasteiger partial charge on any atom is -0.491 e. The van der Waals surface area contributed by atoms with Gasteiger partial charge in [-0.25, -0.2) is 0 Å². The Morgan fingerprint density at radius 3 is 2.35 bits per heavy atom. The molecular weight excluding hydrogens is 396 g/mol. The van der Waals surface area contributed by atoms with Crippen molar-refractivity contribution in [2.45, 2.75) is 18.9 Å². The molecule has 2 aliphatic heterocycles. The van der Waals surface area contributed by atoms with Gasteiger partial charge in [0.05, 0.1) is 19.3 Å². The van der Waals surface area contributed by atoms with E-state index in [9.17, 15) is 9.59 Å². The lowest BCUT2D eigenvalue weighted by atomic mass is 10.2. The molecule has 0 spiro atoms. The molecule has 2 aromatic carbocycles. The van der Waals surface area contributed by atoms with Crippen molar-refractivity contribution in [3.8, 4) is 11.5 Å². The van der Waals surface area contributed by atoms with Crippen LogP contribution in [0.5, 0.6) is 11.5 Å². The smallest absolute Gasteiger partial charge is 0.260 e. The summed E-state index contributed by atoms with van der Waals surface area (Å²) in [5, 5.41) is 0. The second kappa shape index (κ2) is 10.3.